The van der Waals surface area contributed by atoms with Crippen molar-refractivity contribution in [3.63, 3.8) is 0 Å². The Kier molecular flexibility index (Phi) is 6.07. The minimum Gasteiger partial charge on any atom is -0.310 e. The summed E-state index contributed by atoms with van der Waals surface area (Å²) in [6.45, 7) is 6.03. The number of nitrogens with zero attached hydrogens (tertiary/aromatic N) is 3. The van der Waals surface area contributed by atoms with Crippen LogP contribution in [0.25, 0.3) is 0 Å². The number of nitrogens with one attached hydrogen (secondary N) is 1. The van der Waals surface area contributed by atoms with Gasteiger partial charge in [0.1, 0.15) is 5.82 Å². The number of carbonyl (C=O) groups is 1. The molecule has 1 heterocycles. The molecule has 1 aromatic heterocycles. The summed E-state index contributed by atoms with van der Waals surface area (Å²) in [5.74, 6) is 0.404. The minimum absolute atomic E-state index is 0.112. The van der Waals surface area contributed by atoms with Gasteiger partial charge >= 0.3 is 6.18 Å². The fourth-order valence-electron chi connectivity index (χ4n) is 2.48. The maximum atomic E-state index is 12.6. The van der Waals surface area contributed by atoms with Crippen molar-refractivity contribution in [3.05, 3.63) is 47.7 Å². The van der Waals surface area contributed by atoms with Gasteiger partial charge in [-0.15, -0.1) is 0 Å². The standard InChI is InChI=1S/C18H23F3N4O/c1-12(2)25-16(9-10-22-25)23-17(26)13(3)24(4)11-14-5-7-15(8-6-14)18(19,20)21/h5-10,12-13H,11H2,1-4H3,(H,23,26)/t13-/m0/s1. The predicted molar refractivity (Wildman–Crippen MR) is 93.6 cm³/mol. The maximum Gasteiger partial charge on any atom is 0.416 e. The highest BCUT2D eigenvalue weighted by Gasteiger charge is 2.30. The van der Waals surface area contributed by atoms with Gasteiger partial charge in [-0.1, -0.05) is 12.1 Å². The highest BCUT2D eigenvalue weighted by atomic mass is 19.4. The zero-order valence-corrected chi connectivity index (χ0v) is 15.2. The molecule has 2 rings (SSSR count). The molecular weight excluding hydrogens is 345 g/mol. The van der Waals surface area contributed by atoms with Gasteiger partial charge in [-0.3, -0.25) is 9.69 Å². The van der Waals surface area contributed by atoms with Crippen LogP contribution in [0.2, 0.25) is 0 Å². The van der Waals surface area contributed by atoms with E-state index in [1.807, 2.05) is 13.8 Å². The molecule has 0 aliphatic carbocycles. The van der Waals surface area contributed by atoms with Crippen LogP contribution in [0.15, 0.2) is 36.5 Å². The van der Waals surface area contributed by atoms with Crippen LogP contribution < -0.4 is 5.32 Å². The van der Waals surface area contributed by atoms with E-state index in [4.69, 9.17) is 0 Å². The molecular formula is C18H23F3N4O. The first-order chi connectivity index (χ1) is 12.1. The molecule has 26 heavy (non-hydrogen) atoms. The van der Waals surface area contributed by atoms with E-state index in [1.165, 1.54) is 12.1 Å². The molecule has 5 nitrogen and oxygen atoms in total. The third kappa shape index (κ3) is 4.85. The molecule has 0 aliphatic rings. The van der Waals surface area contributed by atoms with Gasteiger partial charge in [-0.05, 0) is 45.5 Å². The number of halogens is 3. The molecule has 1 aromatic carbocycles. The van der Waals surface area contributed by atoms with Gasteiger partial charge in [0.05, 0.1) is 17.8 Å². The van der Waals surface area contributed by atoms with Crippen molar-refractivity contribution in [1.82, 2.24) is 14.7 Å². The number of amides is 1. The van der Waals surface area contributed by atoms with Crippen molar-refractivity contribution in [1.29, 1.82) is 0 Å². The summed E-state index contributed by atoms with van der Waals surface area (Å²) in [6, 6.07) is 6.33. The maximum absolute atomic E-state index is 12.6. The van der Waals surface area contributed by atoms with Crippen LogP contribution in [0.5, 0.6) is 0 Å². The minimum atomic E-state index is -4.35. The Balaban J connectivity index is 1.99. The van der Waals surface area contributed by atoms with Gasteiger partial charge in [-0.25, -0.2) is 4.68 Å². The summed E-state index contributed by atoms with van der Waals surface area (Å²) in [5, 5.41) is 7.00. The number of rotatable bonds is 6. The number of aromatic nitrogens is 2. The number of hydrogen-bond acceptors (Lipinski definition) is 3. The van der Waals surface area contributed by atoms with Crippen LogP contribution in [0.1, 0.15) is 37.9 Å². The molecule has 0 bridgehead atoms. The molecule has 0 spiro atoms. The van der Waals surface area contributed by atoms with Crippen LogP contribution in [0, 0.1) is 0 Å². The van der Waals surface area contributed by atoms with E-state index in [2.05, 4.69) is 10.4 Å². The first-order valence-electron chi connectivity index (χ1n) is 8.30. The van der Waals surface area contributed by atoms with Crippen molar-refractivity contribution < 1.29 is 18.0 Å². The summed E-state index contributed by atoms with van der Waals surface area (Å²) < 4.78 is 39.6. The Bertz CT molecular complexity index is 738. The number of benzene rings is 1. The third-order valence-electron chi connectivity index (χ3n) is 4.16. The van der Waals surface area contributed by atoms with Crippen molar-refractivity contribution in [3.8, 4) is 0 Å². The average molecular weight is 368 g/mol. The molecule has 0 fully saturated rings. The largest absolute Gasteiger partial charge is 0.416 e. The van der Waals surface area contributed by atoms with Crippen molar-refractivity contribution in [2.45, 2.75) is 45.6 Å². The van der Waals surface area contributed by atoms with Crippen molar-refractivity contribution in [2.75, 3.05) is 12.4 Å². The lowest BCUT2D eigenvalue weighted by molar-refractivity contribution is -0.137. The van der Waals surface area contributed by atoms with Gasteiger partial charge < -0.3 is 5.32 Å². The number of anilines is 1. The lowest BCUT2D eigenvalue weighted by Gasteiger charge is -2.24. The SMILES string of the molecule is CC(C)n1nccc1NC(=O)[C@H](C)N(C)Cc1ccc(C(F)(F)F)cc1. The van der Waals surface area contributed by atoms with Crippen molar-refractivity contribution in [2.24, 2.45) is 0 Å². The van der Waals surface area contributed by atoms with E-state index < -0.39 is 17.8 Å². The van der Waals surface area contributed by atoms with E-state index in [0.717, 1.165) is 12.1 Å². The second kappa shape index (κ2) is 7.90. The highest BCUT2D eigenvalue weighted by molar-refractivity contribution is 5.93. The molecule has 1 atom stereocenters. The topological polar surface area (TPSA) is 50.2 Å². The van der Waals surface area contributed by atoms with Gasteiger partial charge in [-0.2, -0.15) is 18.3 Å². The summed E-state index contributed by atoms with van der Waals surface area (Å²) in [5.41, 5.74) is 0.0176. The number of hydrogen-bond donors (Lipinski definition) is 1. The summed E-state index contributed by atoms with van der Waals surface area (Å²) in [4.78, 5) is 14.2. The Morgan fingerprint density at radius 3 is 2.35 bits per heavy atom. The first kappa shape index (κ1) is 20.0. The average Bonchev–Trinajstić information content (AvgIpc) is 3.02. The third-order valence-corrected chi connectivity index (χ3v) is 4.16. The van der Waals surface area contributed by atoms with Crippen LogP contribution >= 0.6 is 0 Å². The Labute approximate surface area is 150 Å². The van der Waals surface area contributed by atoms with Crippen LogP contribution in [0.3, 0.4) is 0 Å². The molecule has 0 saturated heterocycles. The molecule has 2 aromatic rings. The number of alkyl halides is 3. The molecule has 0 radical (unpaired) electrons. The van der Waals surface area contributed by atoms with E-state index >= 15 is 0 Å². The zero-order chi connectivity index (χ0) is 19.5. The second-order valence-electron chi connectivity index (χ2n) is 6.53. The smallest absolute Gasteiger partial charge is 0.310 e. The van der Waals surface area contributed by atoms with Crippen LogP contribution in [-0.2, 0) is 17.5 Å². The molecule has 0 unspecified atom stereocenters. The molecule has 142 valence electrons. The monoisotopic (exact) mass is 368 g/mol. The van der Waals surface area contributed by atoms with Gasteiger partial charge in [0.25, 0.3) is 0 Å². The van der Waals surface area contributed by atoms with Gasteiger partial charge in [0.2, 0.25) is 5.91 Å². The number of carbonyl (C=O) groups excluding carboxylic acids is 1. The fraction of sp³-hybridized carbons (Fsp3) is 0.444. The molecule has 1 amide bonds. The predicted octanol–water partition coefficient (Wildman–Crippen LogP) is 3.94. The Morgan fingerprint density at radius 1 is 1.19 bits per heavy atom. The Hall–Kier alpha value is -2.35. The molecule has 1 N–H and O–H groups in total. The Morgan fingerprint density at radius 2 is 1.81 bits per heavy atom. The van der Waals surface area contributed by atoms with E-state index in [9.17, 15) is 18.0 Å². The number of likely N-dealkylation sites (N-methyl/N-ethyl adjacent to an activating group) is 1. The highest BCUT2D eigenvalue weighted by Crippen LogP contribution is 2.29. The van der Waals surface area contributed by atoms with Crippen LogP contribution in [-0.4, -0.2) is 33.7 Å². The van der Waals surface area contributed by atoms with Gasteiger partial charge in [0, 0.05) is 18.7 Å². The first-order valence-corrected chi connectivity index (χ1v) is 8.30. The molecule has 8 heteroatoms. The van der Waals surface area contributed by atoms with Crippen LogP contribution in [0.4, 0.5) is 19.0 Å². The van der Waals surface area contributed by atoms with E-state index in [0.29, 0.717) is 17.9 Å². The molecule has 0 aliphatic heterocycles. The summed E-state index contributed by atoms with van der Waals surface area (Å²) >= 11 is 0. The summed E-state index contributed by atoms with van der Waals surface area (Å²) in [6.07, 6.45) is -2.73. The normalized spacial score (nSPS) is 13.3. The lowest BCUT2D eigenvalue weighted by atomic mass is 10.1. The van der Waals surface area contributed by atoms with E-state index in [-0.39, 0.29) is 11.9 Å². The molecule has 0 saturated carbocycles. The zero-order valence-electron chi connectivity index (χ0n) is 15.2. The van der Waals surface area contributed by atoms with Gasteiger partial charge in [0.15, 0.2) is 0 Å². The lowest BCUT2D eigenvalue weighted by Crippen LogP contribution is -2.39. The second-order valence-corrected chi connectivity index (χ2v) is 6.53. The fourth-order valence-corrected chi connectivity index (χ4v) is 2.48. The quantitative estimate of drug-likeness (QED) is 0.840. The van der Waals surface area contributed by atoms with E-state index in [1.54, 1.807) is 35.8 Å². The van der Waals surface area contributed by atoms with Crippen molar-refractivity contribution >= 4 is 11.7 Å². The summed E-state index contributed by atoms with van der Waals surface area (Å²) in [7, 11) is 1.75.